The number of aromatic nitrogens is 3. The van der Waals surface area contributed by atoms with Gasteiger partial charge in [-0.05, 0) is 18.9 Å². The number of nitrogens with one attached hydrogen (secondary N) is 1. The predicted octanol–water partition coefficient (Wildman–Crippen LogP) is 3.56. The number of rotatable bonds is 5. The van der Waals surface area contributed by atoms with Crippen LogP contribution in [0.1, 0.15) is 31.4 Å². The zero-order chi connectivity index (χ0) is 19.6. The van der Waals surface area contributed by atoms with Crippen molar-refractivity contribution in [1.82, 2.24) is 14.8 Å². The molecule has 1 N–H and O–H groups in total. The molecule has 1 saturated heterocycles. The average Bonchev–Trinajstić information content (AvgIpc) is 3.19. The molecule has 0 atom stereocenters. The summed E-state index contributed by atoms with van der Waals surface area (Å²) in [5.41, 5.74) is 1.29. The molecule has 0 aromatic carbocycles. The lowest BCUT2D eigenvalue weighted by Gasteiger charge is -2.31. The molecule has 0 amide bonds. The number of hydrogen-bond acceptors (Lipinski definition) is 5. The maximum atomic E-state index is 13.4. The predicted molar refractivity (Wildman–Crippen MR) is 100 cm³/mol. The second-order valence-corrected chi connectivity index (χ2v) is 7.33. The molecule has 1 aliphatic carbocycles. The SMILES string of the molecule is FCc1ccn(-c2cc(N3CCOCC3)cc(NC3CCC(F)(F)CC3)n2)n1. The Hall–Kier alpha value is -2.29. The van der Waals surface area contributed by atoms with Crippen molar-refractivity contribution in [3.8, 4) is 5.82 Å². The maximum absolute atomic E-state index is 13.4. The highest BCUT2D eigenvalue weighted by molar-refractivity contribution is 5.59. The number of anilines is 2. The Kier molecular flexibility index (Phi) is 5.43. The normalized spacial score (nSPS) is 20.3. The summed E-state index contributed by atoms with van der Waals surface area (Å²) in [4.78, 5) is 6.79. The second-order valence-electron chi connectivity index (χ2n) is 7.33. The van der Waals surface area contributed by atoms with Crippen LogP contribution in [0.4, 0.5) is 24.7 Å². The van der Waals surface area contributed by atoms with E-state index in [1.54, 1.807) is 16.9 Å². The molecule has 0 unspecified atom stereocenters. The summed E-state index contributed by atoms with van der Waals surface area (Å²) >= 11 is 0. The van der Waals surface area contributed by atoms with Crippen LogP contribution in [0.2, 0.25) is 0 Å². The summed E-state index contributed by atoms with van der Waals surface area (Å²) in [6, 6.07) is 5.40. The minimum atomic E-state index is -2.57. The van der Waals surface area contributed by atoms with Gasteiger partial charge in [0.1, 0.15) is 12.5 Å². The van der Waals surface area contributed by atoms with E-state index in [0.29, 0.717) is 43.4 Å². The van der Waals surface area contributed by atoms with Crippen molar-refractivity contribution in [3.05, 3.63) is 30.1 Å². The molecular formula is C19H24F3N5O. The van der Waals surface area contributed by atoms with Crippen molar-refractivity contribution in [2.45, 2.75) is 44.3 Å². The van der Waals surface area contributed by atoms with E-state index in [1.807, 2.05) is 12.1 Å². The summed E-state index contributed by atoms with van der Waals surface area (Å²) in [5, 5.41) is 7.51. The van der Waals surface area contributed by atoms with Crippen molar-refractivity contribution in [2.75, 3.05) is 36.5 Å². The first kappa shape index (κ1) is 19.0. The van der Waals surface area contributed by atoms with Gasteiger partial charge in [-0.2, -0.15) is 5.10 Å². The number of nitrogens with zero attached hydrogens (tertiary/aromatic N) is 4. The van der Waals surface area contributed by atoms with Crippen LogP contribution in [-0.2, 0) is 11.4 Å². The van der Waals surface area contributed by atoms with Gasteiger partial charge in [-0.1, -0.05) is 0 Å². The molecule has 6 nitrogen and oxygen atoms in total. The van der Waals surface area contributed by atoms with Crippen LogP contribution in [0.3, 0.4) is 0 Å². The highest BCUT2D eigenvalue weighted by Gasteiger charge is 2.35. The van der Waals surface area contributed by atoms with Gasteiger partial charge in [0.25, 0.3) is 0 Å². The lowest BCUT2D eigenvalue weighted by molar-refractivity contribution is -0.0361. The Balaban J connectivity index is 1.59. The maximum Gasteiger partial charge on any atom is 0.248 e. The van der Waals surface area contributed by atoms with E-state index in [-0.39, 0.29) is 18.9 Å². The fourth-order valence-electron chi connectivity index (χ4n) is 3.65. The third kappa shape index (κ3) is 4.40. The molecule has 0 spiro atoms. The van der Waals surface area contributed by atoms with Crippen LogP contribution in [0.5, 0.6) is 0 Å². The van der Waals surface area contributed by atoms with E-state index in [2.05, 4.69) is 20.3 Å². The van der Waals surface area contributed by atoms with Gasteiger partial charge in [-0.15, -0.1) is 0 Å². The van der Waals surface area contributed by atoms with Gasteiger partial charge in [0.05, 0.1) is 18.9 Å². The van der Waals surface area contributed by atoms with E-state index in [0.717, 1.165) is 18.8 Å². The Morgan fingerprint density at radius 1 is 1.18 bits per heavy atom. The standard InChI is InChI=1S/C19H24F3N5O/c20-13-15-3-6-27(25-15)18-12-16(26-7-9-28-10-8-26)11-17(24-18)23-14-1-4-19(21,22)5-2-14/h3,6,11-12,14H,1-2,4-5,7-10,13H2,(H,23,24). The molecule has 152 valence electrons. The minimum Gasteiger partial charge on any atom is -0.378 e. The Morgan fingerprint density at radius 3 is 2.61 bits per heavy atom. The van der Waals surface area contributed by atoms with Crippen LogP contribution >= 0.6 is 0 Å². The summed E-state index contributed by atoms with van der Waals surface area (Å²) in [7, 11) is 0. The van der Waals surface area contributed by atoms with Gasteiger partial charge < -0.3 is 15.0 Å². The first-order chi connectivity index (χ1) is 13.5. The summed E-state index contributed by atoms with van der Waals surface area (Å²) in [6.07, 6.45) is 2.25. The van der Waals surface area contributed by atoms with Gasteiger partial charge in [0.15, 0.2) is 5.82 Å². The van der Waals surface area contributed by atoms with Crippen LogP contribution < -0.4 is 10.2 Å². The number of morpholine rings is 1. The first-order valence-corrected chi connectivity index (χ1v) is 9.62. The van der Waals surface area contributed by atoms with Crippen LogP contribution in [0.15, 0.2) is 24.4 Å². The lowest BCUT2D eigenvalue weighted by Crippen LogP contribution is -2.36. The van der Waals surface area contributed by atoms with Gasteiger partial charge in [0, 0.05) is 56.0 Å². The average molecular weight is 395 g/mol. The molecule has 2 aliphatic rings. The van der Waals surface area contributed by atoms with Crippen LogP contribution in [-0.4, -0.2) is 53.0 Å². The zero-order valence-corrected chi connectivity index (χ0v) is 15.6. The van der Waals surface area contributed by atoms with Crippen molar-refractivity contribution < 1.29 is 17.9 Å². The van der Waals surface area contributed by atoms with Crippen LogP contribution in [0, 0.1) is 0 Å². The molecule has 3 heterocycles. The second kappa shape index (κ2) is 7.98. The van der Waals surface area contributed by atoms with E-state index < -0.39 is 12.6 Å². The lowest BCUT2D eigenvalue weighted by atomic mass is 9.92. The van der Waals surface area contributed by atoms with Gasteiger partial charge >= 0.3 is 0 Å². The molecule has 2 fully saturated rings. The third-order valence-electron chi connectivity index (χ3n) is 5.26. The fourth-order valence-corrected chi connectivity index (χ4v) is 3.65. The van der Waals surface area contributed by atoms with Crippen molar-refractivity contribution >= 4 is 11.5 Å². The molecule has 2 aromatic heterocycles. The summed E-state index contributed by atoms with van der Waals surface area (Å²) < 4.78 is 46.7. The van der Waals surface area contributed by atoms with E-state index >= 15 is 0 Å². The number of halogens is 3. The number of hydrogen-bond donors (Lipinski definition) is 1. The molecular weight excluding hydrogens is 371 g/mol. The van der Waals surface area contributed by atoms with E-state index in [9.17, 15) is 13.2 Å². The van der Waals surface area contributed by atoms with E-state index in [4.69, 9.17) is 4.74 Å². The number of alkyl halides is 3. The quantitative estimate of drug-likeness (QED) is 0.839. The fraction of sp³-hybridized carbons (Fsp3) is 0.579. The highest BCUT2D eigenvalue weighted by atomic mass is 19.3. The molecule has 4 rings (SSSR count). The Bertz CT molecular complexity index is 797. The molecule has 0 bridgehead atoms. The highest BCUT2D eigenvalue weighted by Crippen LogP contribution is 2.34. The Labute approximate surface area is 161 Å². The molecule has 9 heteroatoms. The third-order valence-corrected chi connectivity index (χ3v) is 5.26. The van der Waals surface area contributed by atoms with Gasteiger partial charge in [0.2, 0.25) is 5.92 Å². The molecule has 0 radical (unpaired) electrons. The van der Waals surface area contributed by atoms with Gasteiger partial charge in [-0.3, -0.25) is 0 Å². The first-order valence-electron chi connectivity index (χ1n) is 9.62. The van der Waals surface area contributed by atoms with Crippen molar-refractivity contribution in [3.63, 3.8) is 0 Å². The number of ether oxygens (including phenoxy) is 1. The topological polar surface area (TPSA) is 55.2 Å². The van der Waals surface area contributed by atoms with Crippen molar-refractivity contribution in [2.24, 2.45) is 0 Å². The summed E-state index contributed by atoms with van der Waals surface area (Å²) in [6.45, 7) is 2.16. The molecule has 1 saturated carbocycles. The number of pyridine rings is 1. The van der Waals surface area contributed by atoms with E-state index in [1.165, 1.54) is 0 Å². The summed E-state index contributed by atoms with van der Waals surface area (Å²) in [5.74, 6) is -1.39. The molecule has 28 heavy (non-hydrogen) atoms. The smallest absolute Gasteiger partial charge is 0.248 e. The molecule has 2 aromatic rings. The van der Waals surface area contributed by atoms with Crippen molar-refractivity contribution in [1.29, 1.82) is 0 Å². The Morgan fingerprint density at radius 2 is 1.93 bits per heavy atom. The largest absolute Gasteiger partial charge is 0.378 e. The minimum absolute atomic E-state index is 0.0426. The molecule has 1 aliphatic heterocycles. The van der Waals surface area contributed by atoms with Gasteiger partial charge in [-0.25, -0.2) is 22.8 Å². The monoisotopic (exact) mass is 395 g/mol. The van der Waals surface area contributed by atoms with Crippen LogP contribution in [0.25, 0.3) is 5.82 Å². The zero-order valence-electron chi connectivity index (χ0n) is 15.6.